The number of piperidine rings is 1. The zero-order chi connectivity index (χ0) is 13.9. The van der Waals surface area contributed by atoms with E-state index in [2.05, 4.69) is 36.9 Å². The first-order valence-electron chi connectivity index (χ1n) is 7.03. The molecule has 1 saturated carbocycles. The van der Waals surface area contributed by atoms with Gasteiger partial charge in [-0.1, -0.05) is 32.9 Å². The normalized spacial score (nSPS) is 32.1. The van der Waals surface area contributed by atoms with Crippen LogP contribution < -0.4 is 10.6 Å². The van der Waals surface area contributed by atoms with Crippen molar-refractivity contribution in [1.29, 1.82) is 5.26 Å². The van der Waals surface area contributed by atoms with Crippen molar-refractivity contribution >= 4 is 30.6 Å². The summed E-state index contributed by atoms with van der Waals surface area (Å²) < 4.78 is 4.36. The highest BCUT2D eigenvalue weighted by molar-refractivity contribution is 14.2. The highest BCUT2D eigenvalue weighted by Crippen LogP contribution is 2.35. The molecule has 0 aromatic rings. The van der Waals surface area contributed by atoms with E-state index in [0.717, 1.165) is 18.4 Å². The predicted molar refractivity (Wildman–Crippen MR) is 87.5 cm³/mol. The van der Waals surface area contributed by atoms with Crippen LogP contribution in [0.1, 0.15) is 25.7 Å². The molecule has 2 N–H and O–H groups in total. The lowest BCUT2D eigenvalue weighted by Gasteiger charge is -2.23. The monoisotopic (exact) mass is 383 g/mol. The molecule has 0 spiro atoms. The van der Waals surface area contributed by atoms with Gasteiger partial charge in [0, 0.05) is 12.5 Å². The molecule has 2 heterocycles. The van der Waals surface area contributed by atoms with Crippen LogP contribution in [0.25, 0.3) is 0 Å². The van der Waals surface area contributed by atoms with Gasteiger partial charge in [0.1, 0.15) is 6.04 Å². The lowest BCUT2D eigenvalue weighted by atomic mass is 9.98. The fraction of sp³-hybridized carbons (Fsp3) is 0.533. The largest absolute Gasteiger partial charge is 0.339 e. The molecule has 3 aliphatic rings. The van der Waals surface area contributed by atoms with Crippen molar-refractivity contribution in [2.45, 2.75) is 43.8 Å². The highest BCUT2D eigenvalue weighted by Gasteiger charge is 2.42. The maximum absolute atomic E-state index is 12.3. The van der Waals surface area contributed by atoms with Gasteiger partial charge in [-0.05, 0) is 38.8 Å². The van der Waals surface area contributed by atoms with Gasteiger partial charge in [-0.25, -0.2) is 0 Å². The van der Waals surface area contributed by atoms with E-state index in [-0.39, 0.29) is 32.7 Å². The number of allylic oxidation sites excluding steroid dienone is 2. The van der Waals surface area contributed by atoms with E-state index in [1.165, 1.54) is 6.42 Å². The summed E-state index contributed by atoms with van der Waals surface area (Å²) in [5.74, 6) is 0.465. The molecule has 1 aliphatic carbocycles. The minimum Gasteiger partial charge on any atom is -0.339 e. The molecule has 3 rings (SSSR count). The third-order valence-corrected chi connectivity index (χ3v) is 5.80. The molecule has 0 radical (unpaired) electrons. The Morgan fingerprint density at radius 3 is 3.10 bits per heavy atom. The third-order valence-electron chi connectivity index (χ3n) is 4.25. The number of nitrogens with one attached hydrogen (secondary N) is 2. The van der Waals surface area contributed by atoms with Gasteiger partial charge in [0.25, 0.3) is 0 Å². The van der Waals surface area contributed by atoms with Crippen molar-refractivity contribution in [2.75, 3.05) is 0 Å². The molecule has 4 unspecified atom stereocenters. The Labute approximate surface area is 129 Å². The van der Waals surface area contributed by atoms with Gasteiger partial charge < -0.3 is 10.6 Å². The maximum Gasteiger partial charge on any atom is 0.238 e. The number of hydrogen-bond acceptors (Lipinski definition) is 3. The van der Waals surface area contributed by atoms with Crippen molar-refractivity contribution in [3.8, 4) is 6.07 Å². The number of amides is 1. The molecule has 4 nitrogen and oxygen atoms in total. The molecule has 0 aromatic heterocycles. The quantitative estimate of drug-likeness (QED) is 0.728. The molecule has 1 saturated heterocycles. The number of fused-ring (bicyclic) bond motifs is 2. The summed E-state index contributed by atoms with van der Waals surface area (Å²) in [6.07, 6.45) is 8.20. The second kappa shape index (κ2) is 6.19. The van der Waals surface area contributed by atoms with Gasteiger partial charge in [0.2, 0.25) is 5.91 Å². The summed E-state index contributed by atoms with van der Waals surface area (Å²) in [6, 6.07) is 2.21. The number of nitrogens with zero attached hydrogens (tertiary/aromatic N) is 1. The van der Waals surface area contributed by atoms with Gasteiger partial charge in [-0.3, -0.25) is 4.79 Å². The molecule has 0 aromatic carbocycles. The topological polar surface area (TPSA) is 64.9 Å². The first-order chi connectivity index (χ1) is 9.76. The summed E-state index contributed by atoms with van der Waals surface area (Å²) in [7, 11) is 0. The molecule has 2 fully saturated rings. The molecule has 1 amide bonds. The van der Waals surface area contributed by atoms with Crippen LogP contribution in [0.2, 0.25) is 0 Å². The van der Waals surface area contributed by atoms with Crippen molar-refractivity contribution in [2.24, 2.45) is 5.92 Å². The van der Waals surface area contributed by atoms with Gasteiger partial charge in [-0.2, -0.15) is 5.26 Å². The molecule has 2 aliphatic heterocycles. The van der Waals surface area contributed by atoms with Crippen LogP contribution >= 0.6 is 20.7 Å². The highest BCUT2D eigenvalue weighted by atomic mass is 127. The average Bonchev–Trinajstić information content (AvgIpc) is 3.10. The molecular weight excluding hydrogens is 365 g/mol. The fourth-order valence-electron chi connectivity index (χ4n) is 3.24. The number of nitriles is 1. The number of hydrogen-bond donors (Lipinski definition) is 2. The molecule has 20 heavy (non-hydrogen) atoms. The summed E-state index contributed by atoms with van der Waals surface area (Å²) >= 11 is 0.0661. The molecule has 2 bridgehead atoms. The standard InChI is InChI=1S/C15H18IN3O/c17-9-13(7-10-3-5-16-6-4-10)19-15(20)14-11-1-2-12(8-11)18-14/h3-6,11-14,18H,1-2,7-8H2,(H,19,20). The van der Waals surface area contributed by atoms with Crippen molar-refractivity contribution in [3.05, 3.63) is 21.8 Å². The molecular formula is C15H18IN3O. The Balaban J connectivity index is 1.56. The summed E-state index contributed by atoms with van der Waals surface area (Å²) in [4.78, 5) is 12.3. The minimum absolute atomic E-state index is 0.000503. The Hall–Kier alpha value is -1.00. The molecule has 5 heteroatoms. The smallest absolute Gasteiger partial charge is 0.238 e. The SMILES string of the molecule is N#CC(CC1=CC=IC=C1)NC(=O)C1NC2CCC1C2. The summed E-state index contributed by atoms with van der Waals surface area (Å²) in [5, 5.41) is 15.5. The Kier molecular flexibility index (Phi) is 4.32. The van der Waals surface area contributed by atoms with Gasteiger partial charge in [0.15, 0.2) is 0 Å². The van der Waals surface area contributed by atoms with E-state index in [4.69, 9.17) is 0 Å². The van der Waals surface area contributed by atoms with Crippen molar-refractivity contribution in [1.82, 2.24) is 10.6 Å². The van der Waals surface area contributed by atoms with E-state index >= 15 is 0 Å². The second-order valence-electron chi connectivity index (χ2n) is 5.60. The summed E-state index contributed by atoms with van der Waals surface area (Å²) in [5.41, 5.74) is 1.13. The van der Waals surface area contributed by atoms with E-state index in [1.807, 2.05) is 0 Å². The second-order valence-corrected chi connectivity index (χ2v) is 7.75. The van der Waals surface area contributed by atoms with E-state index in [0.29, 0.717) is 18.4 Å². The predicted octanol–water partition coefficient (Wildman–Crippen LogP) is 1.75. The van der Waals surface area contributed by atoms with Crippen LogP contribution in [0.4, 0.5) is 0 Å². The average molecular weight is 383 g/mol. The first-order valence-corrected chi connectivity index (χ1v) is 9.52. The van der Waals surface area contributed by atoms with Crippen LogP contribution in [0, 0.1) is 17.2 Å². The third kappa shape index (κ3) is 3.01. The van der Waals surface area contributed by atoms with Crippen LogP contribution in [-0.2, 0) is 4.79 Å². The summed E-state index contributed by atoms with van der Waals surface area (Å²) in [6.45, 7) is 0. The van der Waals surface area contributed by atoms with Crippen LogP contribution in [0.3, 0.4) is 0 Å². The van der Waals surface area contributed by atoms with E-state index in [1.54, 1.807) is 0 Å². The Morgan fingerprint density at radius 2 is 2.50 bits per heavy atom. The number of carbonyl (C=O) groups is 1. The number of halogens is 1. The Bertz CT molecular complexity index is 532. The maximum atomic E-state index is 12.3. The van der Waals surface area contributed by atoms with Crippen LogP contribution in [-0.4, -0.2) is 28.0 Å². The van der Waals surface area contributed by atoms with E-state index < -0.39 is 6.04 Å². The molecule has 4 atom stereocenters. The van der Waals surface area contributed by atoms with E-state index in [9.17, 15) is 10.1 Å². The molecule has 106 valence electrons. The lowest BCUT2D eigenvalue weighted by Crippen LogP contribution is -2.50. The first kappa shape index (κ1) is 14.0. The zero-order valence-corrected chi connectivity index (χ0v) is 13.3. The van der Waals surface area contributed by atoms with Crippen molar-refractivity contribution in [3.63, 3.8) is 0 Å². The fourth-order valence-corrected chi connectivity index (χ4v) is 4.82. The van der Waals surface area contributed by atoms with Crippen LogP contribution in [0.5, 0.6) is 0 Å². The Morgan fingerprint density at radius 1 is 1.60 bits per heavy atom. The number of rotatable bonds is 4. The minimum atomic E-state index is -0.427. The van der Waals surface area contributed by atoms with Gasteiger partial charge in [-0.15, -0.1) is 0 Å². The zero-order valence-electron chi connectivity index (χ0n) is 11.2. The number of carbonyl (C=O) groups excluding carboxylic acids is 1. The van der Waals surface area contributed by atoms with Crippen molar-refractivity contribution < 1.29 is 4.79 Å². The van der Waals surface area contributed by atoms with Gasteiger partial charge >= 0.3 is 0 Å². The lowest BCUT2D eigenvalue weighted by molar-refractivity contribution is -0.124. The van der Waals surface area contributed by atoms with Crippen LogP contribution in [0.15, 0.2) is 21.8 Å². The van der Waals surface area contributed by atoms with Gasteiger partial charge in [0.05, 0.1) is 12.1 Å².